The summed E-state index contributed by atoms with van der Waals surface area (Å²) in [5.41, 5.74) is -0.00296. The first kappa shape index (κ1) is 16.8. The molecule has 0 radical (unpaired) electrons. The number of methoxy groups -OCH3 is 1. The van der Waals surface area contributed by atoms with Crippen LogP contribution in [0.2, 0.25) is 0 Å². The molecule has 0 saturated heterocycles. The molecule has 1 aromatic carbocycles. The van der Waals surface area contributed by atoms with Gasteiger partial charge in [0.25, 0.3) is 0 Å². The molecule has 1 aromatic rings. The Morgan fingerprint density at radius 1 is 1.19 bits per heavy atom. The maximum Gasteiger partial charge on any atom is 0.422 e. The van der Waals surface area contributed by atoms with Crippen LogP contribution in [-0.2, 0) is 19.7 Å². The number of nitrogens with one attached hydrogen (secondary N) is 2. The van der Waals surface area contributed by atoms with Crippen molar-refractivity contribution >= 4 is 28.0 Å². The fourth-order valence-corrected chi connectivity index (χ4v) is 2.16. The summed E-state index contributed by atoms with van der Waals surface area (Å²) >= 11 is 0. The van der Waals surface area contributed by atoms with E-state index in [9.17, 15) is 18.0 Å². The lowest BCUT2D eigenvalue weighted by molar-refractivity contribution is 0.0602. The monoisotopic (exact) mass is 316 g/mol. The number of anilines is 1. The fourth-order valence-electron chi connectivity index (χ4n) is 1.38. The summed E-state index contributed by atoms with van der Waals surface area (Å²) in [6.07, 6.45) is -1.59. The van der Waals surface area contributed by atoms with Crippen molar-refractivity contribution < 1.29 is 27.5 Å². The van der Waals surface area contributed by atoms with E-state index < -0.39 is 28.4 Å². The predicted molar refractivity (Wildman–Crippen MR) is 75.1 cm³/mol. The third-order valence-corrected chi connectivity index (χ3v) is 3.06. The van der Waals surface area contributed by atoms with Crippen molar-refractivity contribution in [1.29, 1.82) is 0 Å². The van der Waals surface area contributed by atoms with Crippen LogP contribution in [0, 0.1) is 0 Å². The van der Waals surface area contributed by atoms with Crippen LogP contribution >= 0.6 is 0 Å². The lowest BCUT2D eigenvalue weighted by Gasteiger charge is -2.13. The van der Waals surface area contributed by atoms with E-state index in [0.717, 1.165) is 0 Å². The highest BCUT2D eigenvalue weighted by Crippen LogP contribution is 2.17. The minimum atomic E-state index is -4.23. The van der Waals surface area contributed by atoms with Crippen LogP contribution < -0.4 is 9.44 Å². The molecule has 116 valence electrons. The van der Waals surface area contributed by atoms with E-state index in [1.807, 2.05) is 0 Å². The van der Waals surface area contributed by atoms with Crippen LogP contribution in [0.4, 0.5) is 10.5 Å². The zero-order chi connectivity index (χ0) is 16.0. The van der Waals surface area contributed by atoms with Gasteiger partial charge in [-0.05, 0) is 26.0 Å². The second-order valence-corrected chi connectivity index (χ2v) is 5.61. The molecule has 21 heavy (non-hydrogen) atoms. The number of carbonyl (C=O) groups is 2. The SMILES string of the molecule is COC(=O)c1ccccc1NS(=O)(=O)NC(=O)OC(C)C. The molecule has 2 N–H and O–H groups in total. The third kappa shape index (κ3) is 5.30. The van der Waals surface area contributed by atoms with Crippen LogP contribution in [0.1, 0.15) is 24.2 Å². The second-order valence-electron chi connectivity index (χ2n) is 4.20. The summed E-state index contributed by atoms with van der Waals surface area (Å²) in [5, 5.41) is 0. The lowest BCUT2D eigenvalue weighted by atomic mass is 10.2. The second kappa shape index (κ2) is 6.93. The van der Waals surface area contributed by atoms with Gasteiger partial charge in [-0.3, -0.25) is 4.72 Å². The first-order valence-electron chi connectivity index (χ1n) is 5.93. The molecule has 0 unspecified atom stereocenters. The molecule has 0 aliphatic rings. The molecule has 0 bridgehead atoms. The average Bonchev–Trinajstić information content (AvgIpc) is 2.36. The summed E-state index contributed by atoms with van der Waals surface area (Å²) in [4.78, 5) is 22.8. The van der Waals surface area contributed by atoms with E-state index in [-0.39, 0.29) is 11.3 Å². The van der Waals surface area contributed by atoms with Crippen LogP contribution in [0.15, 0.2) is 24.3 Å². The van der Waals surface area contributed by atoms with Crippen molar-refractivity contribution in [2.45, 2.75) is 20.0 Å². The molecule has 9 heteroatoms. The van der Waals surface area contributed by atoms with Crippen molar-refractivity contribution in [1.82, 2.24) is 4.72 Å². The zero-order valence-corrected chi connectivity index (χ0v) is 12.6. The highest BCUT2D eigenvalue weighted by Gasteiger charge is 2.19. The highest BCUT2D eigenvalue weighted by atomic mass is 32.2. The van der Waals surface area contributed by atoms with Gasteiger partial charge in [0.2, 0.25) is 0 Å². The van der Waals surface area contributed by atoms with Gasteiger partial charge in [0.1, 0.15) is 0 Å². The van der Waals surface area contributed by atoms with E-state index in [1.54, 1.807) is 24.6 Å². The molecule has 1 rings (SSSR count). The Morgan fingerprint density at radius 3 is 2.38 bits per heavy atom. The molecule has 0 fully saturated rings. The summed E-state index contributed by atoms with van der Waals surface area (Å²) < 4.78 is 36.5. The number of para-hydroxylation sites is 1. The molecule has 0 aliphatic carbocycles. The highest BCUT2D eigenvalue weighted by molar-refractivity contribution is 7.91. The molecule has 0 atom stereocenters. The Morgan fingerprint density at radius 2 is 1.81 bits per heavy atom. The Kier molecular flexibility index (Phi) is 5.53. The van der Waals surface area contributed by atoms with E-state index in [1.165, 1.54) is 25.3 Å². The molecular weight excluding hydrogens is 300 g/mol. The van der Waals surface area contributed by atoms with E-state index in [4.69, 9.17) is 0 Å². The van der Waals surface area contributed by atoms with Crippen molar-refractivity contribution in [2.75, 3.05) is 11.8 Å². The van der Waals surface area contributed by atoms with Crippen molar-refractivity contribution in [2.24, 2.45) is 0 Å². The minimum Gasteiger partial charge on any atom is -0.465 e. The minimum absolute atomic E-state index is 0.0163. The van der Waals surface area contributed by atoms with Crippen LogP contribution in [0.3, 0.4) is 0 Å². The maximum absolute atomic E-state index is 11.8. The molecule has 8 nitrogen and oxygen atoms in total. The Bertz CT molecular complexity index is 626. The quantitative estimate of drug-likeness (QED) is 0.791. The number of rotatable bonds is 5. The lowest BCUT2D eigenvalue weighted by Crippen LogP contribution is -2.37. The first-order valence-corrected chi connectivity index (χ1v) is 7.42. The van der Waals surface area contributed by atoms with Gasteiger partial charge in [-0.25, -0.2) is 14.3 Å². The van der Waals surface area contributed by atoms with E-state index >= 15 is 0 Å². The molecular formula is C12H16N2O6S. The third-order valence-electron chi connectivity index (χ3n) is 2.14. The first-order chi connectivity index (χ1) is 9.75. The number of benzene rings is 1. The van der Waals surface area contributed by atoms with Gasteiger partial charge in [-0.2, -0.15) is 8.42 Å². The number of ether oxygens (including phenoxy) is 2. The van der Waals surface area contributed by atoms with Crippen LogP contribution in [0.25, 0.3) is 0 Å². The number of carbonyl (C=O) groups excluding carboxylic acids is 2. The van der Waals surface area contributed by atoms with Crippen LogP contribution in [0.5, 0.6) is 0 Å². The van der Waals surface area contributed by atoms with Crippen molar-refractivity contribution in [3.8, 4) is 0 Å². The van der Waals surface area contributed by atoms with Crippen molar-refractivity contribution in [3.05, 3.63) is 29.8 Å². The molecule has 1 amide bonds. The molecule has 0 heterocycles. The summed E-state index contributed by atoms with van der Waals surface area (Å²) in [6, 6.07) is 5.82. The largest absolute Gasteiger partial charge is 0.465 e. The number of hydrogen-bond acceptors (Lipinski definition) is 6. The fraction of sp³-hybridized carbons (Fsp3) is 0.333. The Labute approximate surface area is 122 Å². The Balaban J connectivity index is 2.90. The van der Waals surface area contributed by atoms with Gasteiger partial charge < -0.3 is 9.47 Å². The summed E-state index contributed by atoms with van der Waals surface area (Å²) in [5.74, 6) is -0.710. The Hall–Kier alpha value is -2.29. The van der Waals surface area contributed by atoms with Gasteiger partial charge in [0.05, 0.1) is 24.5 Å². The van der Waals surface area contributed by atoms with Crippen LogP contribution in [-0.4, -0.2) is 33.7 Å². The zero-order valence-electron chi connectivity index (χ0n) is 11.7. The molecule has 0 spiro atoms. The molecule has 0 saturated carbocycles. The van der Waals surface area contributed by atoms with Gasteiger partial charge in [0.15, 0.2) is 0 Å². The van der Waals surface area contributed by atoms with E-state index in [0.29, 0.717) is 0 Å². The maximum atomic E-state index is 11.8. The topological polar surface area (TPSA) is 111 Å². The number of esters is 1. The standard InChI is InChI=1S/C12H16N2O6S/c1-8(2)20-12(16)14-21(17,18)13-10-7-5-4-6-9(10)11(15)19-3/h4-8,13H,1-3H3,(H,14,16). The van der Waals surface area contributed by atoms with Crippen molar-refractivity contribution in [3.63, 3.8) is 0 Å². The van der Waals surface area contributed by atoms with Gasteiger partial charge >= 0.3 is 22.3 Å². The number of hydrogen-bond donors (Lipinski definition) is 2. The van der Waals surface area contributed by atoms with Gasteiger partial charge in [0, 0.05) is 0 Å². The number of amides is 1. The molecule has 0 aromatic heterocycles. The smallest absolute Gasteiger partial charge is 0.422 e. The van der Waals surface area contributed by atoms with E-state index in [2.05, 4.69) is 14.2 Å². The molecule has 0 aliphatic heterocycles. The van der Waals surface area contributed by atoms with Gasteiger partial charge in [-0.1, -0.05) is 12.1 Å². The summed E-state index contributed by atoms with van der Waals surface area (Å²) in [7, 11) is -3.05. The average molecular weight is 316 g/mol. The summed E-state index contributed by atoms with van der Waals surface area (Å²) in [6.45, 7) is 3.15. The van der Waals surface area contributed by atoms with Gasteiger partial charge in [-0.15, -0.1) is 0 Å². The normalized spacial score (nSPS) is 10.9. The predicted octanol–water partition coefficient (Wildman–Crippen LogP) is 1.26.